The molecule has 1 aliphatic heterocycles. The zero-order valence-corrected chi connectivity index (χ0v) is 11.4. The number of rotatable bonds is 5. The predicted molar refractivity (Wildman–Crippen MR) is 73.4 cm³/mol. The normalized spacial score (nSPS) is 18.6. The van der Waals surface area contributed by atoms with Crippen LogP contribution in [0.3, 0.4) is 0 Å². The molecule has 1 amide bonds. The molecule has 0 radical (unpaired) electrons. The lowest BCUT2D eigenvalue weighted by molar-refractivity contribution is -0.119. The third kappa shape index (κ3) is 4.18. The molecule has 2 rings (SSSR count). The minimum atomic E-state index is -0.397. The standard InChI is InChI=1S/C14H19FN2O3/c1-2-19-13-7-10(15)3-4-12(13)17-14(18)8-11-9-16-5-6-20-11/h3-4,7,11,16H,2,5-6,8-9H2,1H3,(H,17,18). The number of morpholine rings is 1. The highest BCUT2D eigenvalue weighted by atomic mass is 19.1. The lowest BCUT2D eigenvalue weighted by atomic mass is 10.2. The largest absolute Gasteiger partial charge is 0.492 e. The first-order valence-corrected chi connectivity index (χ1v) is 6.73. The van der Waals surface area contributed by atoms with Gasteiger partial charge in [-0.3, -0.25) is 4.79 Å². The molecule has 1 heterocycles. The highest BCUT2D eigenvalue weighted by Crippen LogP contribution is 2.25. The Morgan fingerprint density at radius 2 is 2.45 bits per heavy atom. The fraction of sp³-hybridized carbons (Fsp3) is 0.500. The van der Waals surface area contributed by atoms with Crippen molar-refractivity contribution in [3.63, 3.8) is 0 Å². The number of anilines is 1. The molecule has 20 heavy (non-hydrogen) atoms. The Bertz CT molecular complexity index is 462. The number of halogens is 1. The highest BCUT2D eigenvalue weighted by Gasteiger charge is 2.18. The third-order valence-electron chi connectivity index (χ3n) is 2.94. The average molecular weight is 282 g/mol. The summed E-state index contributed by atoms with van der Waals surface area (Å²) in [7, 11) is 0. The van der Waals surface area contributed by atoms with Gasteiger partial charge in [0.1, 0.15) is 11.6 Å². The van der Waals surface area contributed by atoms with Crippen LogP contribution < -0.4 is 15.4 Å². The van der Waals surface area contributed by atoms with E-state index in [0.717, 1.165) is 6.54 Å². The molecule has 6 heteroatoms. The Morgan fingerprint density at radius 3 is 3.15 bits per heavy atom. The minimum absolute atomic E-state index is 0.125. The van der Waals surface area contributed by atoms with E-state index in [-0.39, 0.29) is 18.4 Å². The molecule has 5 nitrogen and oxygen atoms in total. The maximum atomic E-state index is 13.2. The smallest absolute Gasteiger partial charge is 0.227 e. The Balaban J connectivity index is 1.96. The van der Waals surface area contributed by atoms with Gasteiger partial charge in [-0.25, -0.2) is 4.39 Å². The Kier molecular flexibility index (Phi) is 5.31. The number of hydrogen-bond acceptors (Lipinski definition) is 4. The zero-order valence-electron chi connectivity index (χ0n) is 11.4. The van der Waals surface area contributed by atoms with Crippen molar-refractivity contribution in [2.75, 3.05) is 31.6 Å². The second kappa shape index (κ2) is 7.21. The number of carbonyl (C=O) groups is 1. The van der Waals surface area contributed by atoms with E-state index in [9.17, 15) is 9.18 Å². The topological polar surface area (TPSA) is 59.6 Å². The maximum Gasteiger partial charge on any atom is 0.227 e. The summed E-state index contributed by atoms with van der Waals surface area (Å²) in [6, 6.07) is 4.05. The molecule has 1 aliphatic rings. The van der Waals surface area contributed by atoms with Crippen molar-refractivity contribution in [1.82, 2.24) is 5.32 Å². The van der Waals surface area contributed by atoms with E-state index in [1.54, 1.807) is 6.92 Å². The van der Waals surface area contributed by atoms with E-state index in [1.165, 1.54) is 18.2 Å². The summed E-state index contributed by atoms with van der Waals surface area (Å²) < 4.78 is 23.9. The summed E-state index contributed by atoms with van der Waals surface area (Å²) in [4.78, 5) is 12.0. The second-order valence-electron chi connectivity index (χ2n) is 4.52. The summed E-state index contributed by atoms with van der Waals surface area (Å²) in [6.07, 6.45) is 0.135. The Labute approximate surface area is 117 Å². The number of nitrogens with one attached hydrogen (secondary N) is 2. The van der Waals surface area contributed by atoms with Crippen LogP contribution in [0.4, 0.5) is 10.1 Å². The molecule has 0 bridgehead atoms. The van der Waals surface area contributed by atoms with Gasteiger partial charge in [-0.1, -0.05) is 0 Å². The highest BCUT2D eigenvalue weighted by molar-refractivity contribution is 5.92. The zero-order chi connectivity index (χ0) is 14.4. The minimum Gasteiger partial charge on any atom is -0.492 e. The first kappa shape index (κ1) is 14.7. The van der Waals surface area contributed by atoms with Crippen LogP contribution in [0.2, 0.25) is 0 Å². The van der Waals surface area contributed by atoms with Crippen molar-refractivity contribution >= 4 is 11.6 Å². The van der Waals surface area contributed by atoms with Gasteiger partial charge < -0.3 is 20.1 Å². The summed E-state index contributed by atoms with van der Waals surface area (Å²) >= 11 is 0. The van der Waals surface area contributed by atoms with Gasteiger partial charge in [0.05, 0.1) is 31.4 Å². The molecule has 1 unspecified atom stereocenters. The number of ether oxygens (including phenoxy) is 2. The third-order valence-corrected chi connectivity index (χ3v) is 2.94. The molecule has 0 aliphatic carbocycles. The van der Waals surface area contributed by atoms with Crippen LogP contribution in [-0.4, -0.2) is 38.3 Å². The van der Waals surface area contributed by atoms with E-state index >= 15 is 0 Å². The lowest BCUT2D eigenvalue weighted by Gasteiger charge is -2.23. The van der Waals surface area contributed by atoms with Gasteiger partial charge in [0.25, 0.3) is 0 Å². The van der Waals surface area contributed by atoms with E-state index in [2.05, 4.69) is 10.6 Å². The van der Waals surface area contributed by atoms with Crippen molar-refractivity contribution < 1.29 is 18.7 Å². The van der Waals surface area contributed by atoms with Crippen LogP contribution in [0.5, 0.6) is 5.75 Å². The fourth-order valence-corrected chi connectivity index (χ4v) is 2.03. The average Bonchev–Trinajstić information content (AvgIpc) is 2.43. The van der Waals surface area contributed by atoms with Crippen LogP contribution in [0.15, 0.2) is 18.2 Å². The molecule has 1 saturated heterocycles. The molecule has 1 atom stereocenters. The van der Waals surface area contributed by atoms with Gasteiger partial charge in [-0.2, -0.15) is 0 Å². The Morgan fingerprint density at radius 1 is 1.60 bits per heavy atom. The van der Waals surface area contributed by atoms with Crippen molar-refractivity contribution in [3.8, 4) is 5.75 Å². The predicted octanol–water partition coefficient (Wildman–Crippen LogP) is 1.54. The van der Waals surface area contributed by atoms with Crippen LogP contribution >= 0.6 is 0 Å². The Hall–Kier alpha value is -1.66. The van der Waals surface area contributed by atoms with Crippen LogP contribution in [0.25, 0.3) is 0 Å². The molecule has 1 aromatic carbocycles. The summed E-state index contributed by atoms with van der Waals surface area (Å²) in [6.45, 7) is 4.29. The number of hydrogen-bond donors (Lipinski definition) is 2. The molecule has 1 fully saturated rings. The van der Waals surface area contributed by atoms with E-state index in [1.807, 2.05) is 0 Å². The number of benzene rings is 1. The molecule has 0 spiro atoms. The van der Waals surface area contributed by atoms with Gasteiger partial charge in [0, 0.05) is 19.2 Å². The van der Waals surface area contributed by atoms with Gasteiger partial charge in [-0.05, 0) is 19.1 Å². The van der Waals surface area contributed by atoms with Crippen molar-refractivity contribution in [1.29, 1.82) is 0 Å². The molecule has 1 aromatic rings. The van der Waals surface area contributed by atoms with Gasteiger partial charge >= 0.3 is 0 Å². The van der Waals surface area contributed by atoms with Crippen LogP contribution in [0.1, 0.15) is 13.3 Å². The van der Waals surface area contributed by atoms with E-state index < -0.39 is 5.82 Å². The van der Waals surface area contributed by atoms with Gasteiger partial charge in [0.15, 0.2) is 0 Å². The van der Waals surface area contributed by atoms with Crippen molar-refractivity contribution in [3.05, 3.63) is 24.0 Å². The fourth-order valence-electron chi connectivity index (χ4n) is 2.03. The molecular weight excluding hydrogens is 263 g/mol. The molecule has 0 saturated carbocycles. The SMILES string of the molecule is CCOc1cc(F)ccc1NC(=O)CC1CNCCO1. The van der Waals surface area contributed by atoms with E-state index in [4.69, 9.17) is 9.47 Å². The molecule has 2 N–H and O–H groups in total. The monoisotopic (exact) mass is 282 g/mol. The van der Waals surface area contributed by atoms with Gasteiger partial charge in [0.2, 0.25) is 5.91 Å². The van der Waals surface area contributed by atoms with Crippen molar-refractivity contribution in [2.24, 2.45) is 0 Å². The summed E-state index contributed by atoms with van der Waals surface area (Å²) in [5, 5.41) is 5.90. The lowest BCUT2D eigenvalue weighted by Crippen LogP contribution is -2.40. The summed E-state index contributed by atoms with van der Waals surface area (Å²) in [5.41, 5.74) is 0.474. The molecular formula is C14H19FN2O3. The van der Waals surface area contributed by atoms with E-state index in [0.29, 0.717) is 31.2 Å². The van der Waals surface area contributed by atoms with Crippen LogP contribution in [-0.2, 0) is 9.53 Å². The first-order valence-electron chi connectivity index (χ1n) is 6.73. The number of carbonyl (C=O) groups excluding carboxylic acids is 1. The second-order valence-corrected chi connectivity index (χ2v) is 4.52. The quantitative estimate of drug-likeness (QED) is 0.860. The van der Waals surface area contributed by atoms with Crippen molar-refractivity contribution in [2.45, 2.75) is 19.4 Å². The first-order chi connectivity index (χ1) is 9.69. The van der Waals surface area contributed by atoms with Gasteiger partial charge in [-0.15, -0.1) is 0 Å². The number of amides is 1. The summed E-state index contributed by atoms with van der Waals surface area (Å²) in [5.74, 6) is -0.235. The van der Waals surface area contributed by atoms with Crippen LogP contribution in [0, 0.1) is 5.82 Å². The molecule has 0 aromatic heterocycles. The maximum absolute atomic E-state index is 13.2. The molecule has 110 valence electrons.